The fraction of sp³-hybridized carbons (Fsp3) is 0.476. The maximum Gasteiger partial charge on any atom is 0.243 e. The second-order valence-electron chi connectivity index (χ2n) is 8.26. The van der Waals surface area contributed by atoms with Gasteiger partial charge in [0.25, 0.3) is 0 Å². The molecule has 1 aromatic carbocycles. The monoisotopic (exact) mass is 482 g/mol. The Labute approximate surface area is 190 Å². The van der Waals surface area contributed by atoms with E-state index < -0.39 is 25.6 Å². The van der Waals surface area contributed by atoms with Gasteiger partial charge in [-0.1, -0.05) is 6.92 Å². The van der Waals surface area contributed by atoms with Crippen LogP contribution in [0.25, 0.3) is 0 Å². The lowest BCUT2D eigenvalue weighted by Crippen LogP contribution is -2.48. The molecule has 11 heteroatoms. The predicted octanol–water partition coefficient (Wildman–Crippen LogP) is 2.07. The molecule has 1 aromatic heterocycles. The van der Waals surface area contributed by atoms with E-state index in [-0.39, 0.29) is 9.79 Å². The number of ether oxygens (including phenoxy) is 1. The van der Waals surface area contributed by atoms with Crippen molar-refractivity contribution in [3.05, 3.63) is 42.6 Å². The van der Waals surface area contributed by atoms with Gasteiger partial charge < -0.3 is 9.64 Å². The number of nitrogens with one attached hydrogen (secondary N) is 1. The van der Waals surface area contributed by atoms with E-state index in [2.05, 4.69) is 9.71 Å². The summed E-state index contributed by atoms with van der Waals surface area (Å²) in [4.78, 5) is 6.58. The first-order valence-corrected chi connectivity index (χ1v) is 13.3. The Morgan fingerprint density at radius 2 is 1.56 bits per heavy atom. The highest BCUT2D eigenvalue weighted by atomic mass is 32.2. The molecule has 1 N–H and O–H groups in total. The Hall–Kier alpha value is -2.21. The van der Waals surface area contributed by atoms with Crippen molar-refractivity contribution in [2.45, 2.75) is 42.5 Å². The highest BCUT2D eigenvalue weighted by molar-refractivity contribution is 7.89. The Morgan fingerprint density at radius 3 is 2.06 bits per heavy atom. The Kier molecular flexibility index (Phi) is 7.13. The molecule has 1 fully saturated rings. The zero-order valence-corrected chi connectivity index (χ0v) is 20.4. The average Bonchev–Trinajstić information content (AvgIpc) is 2.78. The third kappa shape index (κ3) is 5.40. The molecule has 0 atom stereocenters. The van der Waals surface area contributed by atoms with E-state index in [0.29, 0.717) is 44.2 Å². The van der Waals surface area contributed by atoms with Crippen molar-refractivity contribution in [1.29, 1.82) is 0 Å². The molecule has 9 nitrogen and oxygen atoms in total. The van der Waals surface area contributed by atoms with Crippen molar-refractivity contribution >= 4 is 25.9 Å². The summed E-state index contributed by atoms with van der Waals surface area (Å²) in [5.74, 6) is 1.21. The van der Waals surface area contributed by atoms with Crippen LogP contribution in [0, 0.1) is 0 Å². The van der Waals surface area contributed by atoms with Gasteiger partial charge in [-0.15, -0.1) is 0 Å². The molecule has 1 saturated heterocycles. The molecule has 0 aliphatic carbocycles. The Morgan fingerprint density at radius 1 is 0.969 bits per heavy atom. The second-order valence-corrected chi connectivity index (χ2v) is 11.9. The first-order valence-electron chi connectivity index (χ1n) is 10.4. The number of anilines is 1. The van der Waals surface area contributed by atoms with Gasteiger partial charge in [-0.2, -0.15) is 4.31 Å². The van der Waals surface area contributed by atoms with Crippen LogP contribution in [0.2, 0.25) is 0 Å². The van der Waals surface area contributed by atoms with Crippen LogP contribution in [0.1, 0.15) is 27.2 Å². The van der Waals surface area contributed by atoms with Crippen LogP contribution in [0.4, 0.5) is 5.82 Å². The maximum atomic E-state index is 12.9. The van der Waals surface area contributed by atoms with Crippen molar-refractivity contribution in [3.8, 4) is 5.75 Å². The zero-order chi connectivity index (χ0) is 23.6. The Bertz CT molecular complexity index is 1120. The van der Waals surface area contributed by atoms with Crippen molar-refractivity contribution in [1.82, 2.24) is 14.0 Å². The van der Waals surface area contributed by atoms with Gasteiger partial charge in [0.05, 0.1) is 12.0 Å². The summed E-state index contributed by atoms with van der Waals surface area (Å²) in [7, 11) is -5.74. The molecule has 3 rings (SSSR count). The summed E-state index contributed by atoms with van der Waals surface area (Å²) in [6.07, 6.45) is 1.99. The number of hydrogen-bond acceptors (Lipinski definition) is 7. The van der Waals surface area contributed by atoms with Gasteiger partial charge >= 0.3 is 0 Å². The molecular formula is C21H30N4O5S2. The summed E-state index contributed by atoms with van der Waals surface area (Å²) in [6, 6.07) is 9.50. The second kappa shape index (κ2) is 9.34. The van der Waals surface area contributed by atoms with Crippen molar-refractivity contribution in [2.24, 2.45) is 0 Å². The van der Waals surface area contributed by atoms with Crippen LogP contribution >= 0.6 is 0 Å². The van der Waals surface area contributed by atoms with Crippen molar-refractivity contribution in [2.75, 3.05) is 38.2 Å². The van der Waals surface area contributed by atoms with Gasteiger partial charge in [0.1, 0.15) is 16.5 Å². The number of hydrogen-bond donors (Lipinski definition) is 1. The zero-order valence-electron chi connectivity index (χ0n) is 18.8. The molecule has 1 aliphatic heterocycles. The van der Waals surface area contributed by atoms with Crippen LogP contribution in [0.15, 0.2) is 52.4 Å². The van der Waals surface area contributed by atoms with Gasteiger partial charge in [0.2, 0.25) is 20.0 Å². The van der Waals surface area contributed by atoms with Gasteiger partial charge in [-0.3, -0.25) is 0 Å². The van der Waals surface area contributed by atoms with Crippen LogP contribution in [0.5, 0.6) is 5.75 Å². The smallest absolute Gasteiger partial charge is 0.243 e. The SMILES string of the molecule is CCC(C)(C)NS(=O)(=O)c1ccc(N2CCN(S(=O)(=O)c3ccc(OC)cc3)CC2)nc1. The highest BCUT2D eigenvalue weighted by Crippen LogP contribution is 2.23. The lowest BCUT2D eigenvalue weighted by molar-refractivity contribution is 0.383. The number of benzene rings is 1. The summed E-state index contributed by atoms with van der Waals surface area (Å²) >= 11 is 0. The molecule has 32 heavy (non-hydrogen) atoms. The number of sulfonamides is 2. The predicted molar refractivity (Wildman–Crippen MR) is 123 cm³/mol. The number of rotatable bonds is 8. The molecule has 0 radical (unpaired) electrons. The van der Waals surface area contributed by atoms with Crippen molar-refractivity contribution in [3.63, 3.8) is 0 Å². The maximum absolute atomic E-state index is 12.9. The van der Waals surface area contributed by atoms with E-state index in [1.54, 1.807) is 18.2 Å². The molecule has 0 bridgehead atoms. The molecule has 0 saturated carbocycles. The fourth-order valence-corrected chi connectivity index (χ4v) is 6.12. The van der Waals surface area contributed by atoms with E-state index >= 15 is 0 Å². The summed E-state index contributed by atoms with van der Waals surface area (Å²) in [6.45, 7) is 7.09. The summed E-state index contributed by atoms with van der Waals surface area (Å²) in [5.41, 5.74) is -0.552. The molecule has 0 unspecified atom stereocenters. The molecule has 1 aliphatic rings. The third-order valence-corrected chi connectivity index (χ3v) is 9.18. The summed E-state index contributed by atoms with van der Waals surface area (Å²) in [5, 5.41) is 0. The standard InChI is InChI=1S/C21H30N4O5S2/c1-5-21(2,3)23-31(26,27)19-10-11-20(22-16-19)24-12-14-25(15-13-24)32(28,29)18-8-6-17(30-4)7-9-18/h6-11,16,23H,5,12-15H2,1-4H3. The normalized spacial score (nSPS) is 16.2. The first kappa shape index (κ1) is 24.4. The summed E-state index contributed by atoms with van der Waals surface area (Å²) < 4.78 is 60.2. The topological polar surface area (TPSA) is 109 Å². The Balaban J connectivity index is 1.66. The molecule has 176 valence electrons. The van der Waals surface area contributed by atoms with Gasteiger partial charge in [-0.25, -0.2) is 26.5 Å². The number of piperazine rings is 1. The molecule has 2 heterocycles. The highest BCUT2D eigenvalue weighted by Gasteiger charge is 2.29. The molecule has 2 aromatic rings. The minimum absolute atomic E-state index is 0.100. The van der Waals surface area contributed by atoms with Gasteiger partial charge in [0, 0.05) is 37.9 Å². The molecular weight excluding hydrogens is 452 g/mol. The fourth-order valence-electron chi connectivity index (χ4n) is 3.27. The number of aromatic nitrogens is 1. The lowest BCUT2D eigenvalue weighted by Gasteiger charge is -2.34. The van der Waals surface area contributed by atoms with E-state index in [4.69, 9.17) is 4.74 Å². The first-order chi connectivity index (χ1) is 15.0. The van der Waals surface area contributed by atoms with Crippen molar-refractivity contribution < 1.29 is 21.6 Å². The molecule has 0 amide bonds. The van der Waals surface area contributed by atoms with Crippen LogP contribution < -0.4 is 14.4 Å². The van der Waals surface area contributed by atoms with E-state index in [1.165, 1.54) is 35.8 Å². The number of methoxy groups -OCH3 is 1. The minimum Gasteiger partial charge on any atom is -0.497 e. The van der Waals surface area contributed by atoms with Gasteiger partial charge in [0.15, 0.2) is 0 Å². The third-order valence-electron chi connectivity index (χ3n) is 5.59. The average molecular weight is 483 g/mol. The molecule has 0 spiro atoms. The largest absolute Gasteiger partial charge is 0.497 e. The van der Waals surface area contributed by atoms with Crippen LogP contribution in [-0.4, -0.2) is 65.0 Å². The van der Waals surface area contributed by atoms with Gasteiger partial charge in [-0.05, 0) is 56.7 Å². The minimum atomic E-state index is -3.67. The van der Waals surface area contributed by atoms with E-state index in [1.807, 2.05) is 25.7 Å². The number of nitrogens with zero attached hydrogens (tertiary/aromatic N) is 3. The van der Waals surface area contributed by atoms with Crippen LogP contribution in [-0.2, 0) is 20.0 Å². The van der Waals surface area contributed by atoms with E-state index in [0.717, 1.165) is 0 Å². The quantitative estimate of drug-likeness (QED) is 0.613. The van der Waals surface area contributed by atoms with E-state index in [9.17, 15) is 16.8 Å². The lowest BCUT2D eigenvalue weighted by atomic mass is 10.0. The van der Waals surface area contributed by atoms with Crippen LogP contribution in [0.3, 0.4) is 0 Å². The number of pyridine rings is 1.